The number of carbonyl (C=O) groups is 2. The Labute approximate surface area is 191 Å². The molecule has 0 bridgehead atoms. The molecule has 0 saturated heterocycles. The van der Waals surface area contributed by atoms with E-state index in [1.54, 1.807) is 18.2 Å². The van der Waals surface area contributed by atoms with E-state index in [0.29, 0.717) is 28.4 Å². The van der Waals surface area contributed by atoms with Gasteiger partial charge in [0.1, 0.15) is 11.6 Å². The fraction of sp³-hybridized carbons (Fsp3) is 0.375. The molecule has 0 unspecified atom stereocenters. The van der Waals surface area contributed by atoms with E-state index in [2.05, 4.69) is 25.8 Å². The van der Waals surface area contributed by atoms with Gasteiger partial charge in [0.2, 0.25) is 11.8 Å². The highest BCUT2D eigenvalue weighted by atomic mass is 19.1. The Kier molecular flexibility index (Phi) is 5.97. The minimum atomic E-state index is -0.497. The van der Waals surface area contributed by atoms with Gasteiger partial charge >= 0.3 is 0 Å². The van der Waals surface area contributed by atoms with Crippen molar-refractivity contribution >= 4 is 17.6 Å². The van der Waals surface area contributed by atoms with Crippen LogP contribution in [0.25, 0.3) is 11.1 Å². The van der Waals surface area contributed by atoms with Crippen LogP contribution in [0, 0.1) is 18.7 Å². The molecule has 2 heterocycles. The summed E-state index contributed by atoms with van der Waals surface area (Å²) in [4.78, 5) is 32.7. The Morgan fingerprint density at radius 3 is 2.64 bits per heavy atom. The van der Waals surface area contributed by atoms with Gasteiger partial charge in [-0.2, -0.15) is 4.98 Å². The van der Waals surface area contributed by atoms with Crippen LogP contribution in [0.15, 0.2) is 35.0 Å². The number of nitrogens with zero attached hydrogens (tertiary/aromatic N) is 3. The van der Waals surface area contributed by atoms with Crippen LogP contribution in [0.1, 0.15) is 61.2 Å². The quantitative estimate of drug-likeness (QED) is 0.582. The Morgan fingerprint density at radius 2 is 1.97 bits per heavy atom. The first kappa shape index (κ1) is 22.6. The lowest BCUT2D eigenvalue weighted by Gasteiger charge is -2.12. The van der Waals surface area contributed by atoms with Crippen molar-refractivity contribution in [3.8, 4) is 11.1 Å². The molecule has 172 valence electrons. The van der Waals surface area contributed by atoms with E-state index >= 15 is 0 Å². The number of aromatic nitrogens is 3. The van der Waals surface area contributed by atoms with Gasteiger partial charge in [-0.05, 0) is 60.7 Å². The lowest BCUT2D eigenvalue weighted by Crippen LogP contribution is -2.24. The summed E-state index contributed by atoms with van der Waals surface area (Å²) in [5.74, 6) is -0.243. The number of benzene rings is 1. The summed E-state index contributed by atoms with van der Waals surface area (Å²) in [5, 5.41) is 9.21. The number of carbonyl (C=O) groups excluding carboxylic acids is 2. The van der Waals surface area contributed by atoms with Gasteiger partial charge in [0, 0.05) is 29.6 Å². The Balaban J connectivity index is 1.46. The van der Waals surface area contributed by atoms with Gasteiger partial charge < -0.3 is 15.2 Å². The highest BCUT2D eigenvalue weighted by Gasteiger charge is 2.30. The summed E-state index contributed by atoms with van der Waals surface area (Å²) in [7, 11) is 0. The zero-order chi connectivity index (χ0) is 23.8. The van der Waals surface area contributed by atoms with Crippen molar-refractivity contribution in [2.75, 3.05) is 5.32 Å². The van der Waals surface area contributed by atoms with Crippen LogP contribution in [0.2, 0.25) is 0 Å². The van der Waals surface area contributed by atoms with Crippen LogP contribution in [0.4, 0.5) is 10.2 Å². The molecule has 1 aliphatic rings. The minimum Gasteiger partial charge on any atom is -0.345 e. The van der Waals surface area contributed by atoms with E-state index in [-0.39, 0.29) is 29.6 Å². The number of hydrogen-bond acceptors (Lipinski definition) is 6. The molecule has 2 aromatic heterocycles. The van der Waals surface area contributed by atoms with Crippen molar-refractivity contribution in [3.05, 3.63) is 59.1 Å². The van der Waals surface area contributed by atoms with Gasteiger partial charge in [-0.3, -0.25) is 9.59 Å². The smallest absolute Gasteiger partial charge is 0.292 e. The zero-order valence-corrected chi connectivity index (χ0v) is 19.0. The van der Waals surface area contributed by atoms with Gasteiger partial charge in [-0.25, -0.2) is 9.37 Å². The molecule has 0 spiro atoms. The molecule has 0 aliphatic heterocycles. The van der Waals surface area contributed by atoms with Gasteiger partial charge in [0.25, 0.3) is 11.7 Å². The molecule has 1 aliphatic carbocycles. The van der Waals surface area contributed by atoms with E-state index in [1.165, 1.54) is 12.3 Å². The lowest BCUT2D eigenvalue weighted by atomic mass is 9.97. The monoisotopic (exact) mass is 451 g/mol. The van der Waals surface area contributed by atoms with E-state index in [0.717, 1.165) is 18.4 Å². The number of pyridine rings is 1. The number of halogens is 1. The Hall–Kier alpha value is -3.62. The van der Waals surface area contributed by atoms with Crippen LogP contribution in [-0.4, -0.2) is 26.9 Å². The van der Waals surface area contributed by atoms with Crippen molar-refractivity contribution < 1.29 is 18.5 Å². The summed E-state index contributed by atoms with van der Waals surface area (Å²) < 4.78 is 20.1. The lowest BCUT2D eigenvalue weighted by molar-refractivity contribution is -0.117. The fourth-order valence-electron chi connectivity index (χ4n) is 3.25. The fourth-order valence-corrected chi connectivity index (χ4v) is 3.25. The summed E-state index contributed by atoms with van der Waals surface area (Å²) in [6.07, 6.45) is 3.32. The van der Waals surface area contributed by atoms with Gasteiger partial charge in [0.15, 0.2) is 0 Å². The first-order chi connectivity index (χ1) is 15.6. The van der Waals surface area contributed by atoms with Crippen LogP contribution in [-0.2, 0) is 16.8 Å². The third-order valence-corrected chi connectivity index (χ3v) is 5.41. The summed E-state index contributed by atoms with van der Waals surface area (Å²) in [6, 6.07) is 6.45. The number of amides is 2. The van der Waals surface area contributed by atoms with Gasteiger partial charge in [-0.15, -0.1) is 0 Å². The predicted octanol–water partition coefficient (Wildman–Crippen LogP) is 4.16. The van der Waals surface area contributed by atoms with Crippen LogP contribution in [0.5, 0.6) is 0 Å². The average molecular weight is 452 g/mol. The molecule has 1 aromatic carbocycles. The van der Waals surface area contributed by atoms with E-state index in [1.807, 2.05) is 27.7 Å². The normalized spacial score (nSPS) is 13.6. The van der Waals surface area contributed by atoms with E-state index < -0.39 is 11.7 Å². The molecule has 0 atom stereocenters. The number of aryl methyl sites for hydroxylation is 1. The second-order valence-electron chi connectivity index (χ2n) is 9.31. The average Bonchev–Trinajstić information content (AvgIpc) is 3.49. The molecule has 9 heteroatoms. The summed E-state index contributed by atoms with van der Waals surface area (Å²) in [6.45, 7) is 7.67. The molecule has 33 heavy (non-hydrogen) atoms. The minimum absolute atomic E-state index is 0.0523. The zero-order valence-electron chi connectivity index (χ0n) is 19.0. The van der Waals surface area contributed by atoms with E-state index in [4.69, 9.17) is 4.52 Å². The predicted molar refractivity (Wildman–Crippen MR) is 120 cm³/mol. The molecule has 2 amide bonds. The second-order valence-corrected chi connectivity index (χ2v) is 9.31. The number of hydrogen-bond donors (Lipinski definition) is 2. The van der Waals surface area contributed by atoms with Crippen LogP contribution in [0.3, 0.4) is 0 Å². The SMILES string of the molecule is Cc1cc(-c2ccnc(NC(=O)C3CC3)c2)c(F)cc1CNC(=O)c1noc(C(C)(C)C)n1. The summed E-state index contributed by atoms with van der Waals surface area (Å²) >= 11 is 0. The topological polar surface area (TPSA) is 110 Å². The number of rotatable bonds is 6. The van der Waals surface area contributed by atoms with Crippen molar-refractivity contribution in [2.45, 2.75) is 52.5 Å². The van der Waals surface area contributed by atoms with E-state index in [9.17, 15) is 14.0 Å². The van der Waals surface area contributed by atoms with Gasteiger partial charge in [-0.1, -0.05) is 25.9 Å². The van der Waals surface area contributed by atoms with Crippen molar-refractivity contribution in [1.82, 2.24) is 20.4 Å². The molecular weight excluding hydrogens is 425 g/mol. The molecule has 1 saturated carbocycles. The third kappa shape index (κ3) is 5.24. The van der Waals surface area contributed by atoms with Crippen LogP contribution < -0.4 is 10.6 Å². The maximum Gasteiger partial charge on any atom is 0.292 e. The molecular formula is C24H26FN5O3. The largest absolute Gasteiger partial charge is 0.345 e. The van der Waals surface area contributed by atoms with Gasteiger partial charge in [0.05, 0.1) is 0 Å². The standard InChI is InChI=1S/C24H26FN5O3/c1-13-9-17(15-7-8-26-19(11-15)28-21(31)14-5-6-14)18(25)10-16(13)12-27-22(32)20-29-23(33-30-20)24(2,3)4/h7-11,14H,5-6,12H2,1-4H3,(H,27,32)(H,26,28,31). The molecule has 4 rings (SSSR count). The first-order valence-corrected chi connectivity index (χ1v) is 10.8. The number of anilines is 1. The Morgan fingerprint density at radius 1 is 1.21 bits per heavy atom. The first-order valence-electron chi connectivity index (χ1n) is 10.8. The highest BCUT2D eigenvalue weighted by Crippen LogP contribution is 2.31. The van der Waals surface area contributed by atoms with Crippen LogP contribution >= 0.6 is 0 Å². The Bertz CT molecular complexity index is 1210. The molecule has 8 nitrogen and oxygen atoms in total. The molecule has 0 radical (unpaired) electrons. The van der Waals surface area contributed by atoms with Crippen molar-refractivity contribution in [1.29, 1.82) is 0 Å². The second kappa shape index (κ2) is 8.73. The molecule has 1 fully saturated rings. The molecule has 2 N–H and O–H groups in total. The molecule has 3 aromatic rings. The maximum atomic E-state index is 15.0. The maximum absolute atomic E-state index is 15.0. The summed E-state index contributed by atoms with van der Waals surface area (Å²) in [5.41, 5.74) is 2.05. The third-order valence-electron chi connectivity index (χ3n) is 5.41. The highest BCUT2D eigenvalue weighted by molar-refractivity contribution is 5.93. The van der Waals surface area contributed by atoms with Crippen molar-refractivity contribution in [3.63, 3.8) is 0 Å². The number of nitrogens with one attached hydrogen (secondary N) is 2. The van der Waals surface area contributed by atoms with Crippen molar-refractivity contribution in [2.24, 2.45) is 5.92 Å².